The van der Waals surface area contributed by atoms with Gasteiger partial charge in [-0.05, 0) is 25.1 Å². The summed E-state index contributed by atoms with van der Waals surface area (Å²) < 4.78 is 10.4. The minimum atomic E-state index is -0.611. The van der Waals surface area contributed by atoms with E-state index in [2.05, 4.69) is 10.5 Å². The Morgan fingerprint density at radius 1 is 1.23 bits per heavy atom. The van der Waals surface area contributed by atoms with Crippen molar-refractivity contribution in [1.82, 2.24) is 5.43 Å². The molecular formula is C17H17N3O6. The molecule has 0 atom stereocenters. The molecule has 0 aliphatic rings. The summed E-state index contributed by atoms with van der Waals surface area (Å²) in [7, 11) is 0. The van der Waals surface area contributed by atoms with E-state index in [1.165, 1.54) is 24.4 Å². The molecule has 9 heteroatoms. The van der Waals surface area contributed by atoms with Gasteiger partial charge in [0.15, 0.2) is 23.9 Å². The smallest absolute Gasteiger partial charge is 0.310 e. The molecule has 0 heterocycles. The maximum atomic E-state index is 11.7. The minimum Gasteiger partial charge on any atom is -0.504 e. The average molecular weight is 359 g/mol. The van der Waals surface area contributed by atoms with E-state index in [0.717, 1.165) is 0 Å². The van der Waals surface area contributed by atoms with Crippen LogP contribution >= 0.6 is 0 Å². The van der Waals surface area contributed by atoms with E-state index in [9.17, 15) is 20.0 Å². The molecule has 2 aromatic carbocycles. The number of nitrogens with one attached hydrogen (secondary N) is 1. The largest absolute Gasteiger partial charge is 0.504 e. The molecule has 136 valence electrons. The van der Waals surface area contributed by atoms with Crippen molar-refractivity contribution >= 4 is 17.8 Å². The quantitative estimate of drug-likeness (QED) is 0.423. The number of phenolic OH excluding ortho intramolecular Hbond substituents is 1. The molecule has 0 radical (unpaired) electrons. The lowest BCUT2D eigenvalue weighted by Crippen LogP contribution is -2.24. The van der Waals surface area contributed by atoms with Crippen LogP contribution in [-0.2, 0) is 4.79 Å². The van der Waals surface area contributed by atoms with Gasteiger partial charge in [-0.15, -0.1) is 0 Å². The zero-order valence-corrected chi connectivity index (χ0v) is 13.9. The van der Waals surface area contributed by atoms with Crippen LogP contribution in [0.4, 0.5) is 5.69 Å². The molecule has 0 spiro atoms. The van der Waals surface area contributed by atoms with Crippen LogP contribution in [0, 0.1) is 10.1 Å². The van der Waals surface area contributed by atoms with Crippen molar-refractivity contribution in [3.63, 3.8) is 0 Å². The predicted molar refractivity (Wildman–Crippen MR) is 93.6 cm³/mol. The fraction of sp³-hybridized carbons (Fsp3) is 0.176. The number of ether oxygens (including phenoxy) is 2. The average Bonchev–Trinajstić information content (AvgIpc) is 2.63. The highest BCUT2D eigenvalue weighted by Gasteiger charge is 2.14. The monoisotopic (exact) mass is 359 g/mol. The van der Waals surface area contributed by atoms with Crippen LogP contribution in [-0.4, -0.2) is 35.4 Å². The second-order valence-corrected chi connectivity index (χ2v) is 4.93. The number of carbonyl (C=O) groups is 1. The van der Waals surface area contributed by atoms with E-state index in [0.29, 0.717) is 17.9 Å². The lowest BCUT2D eigenvalue weighted by molar-refractivity contribution is -0.385. The third kappa shape index (κ3) is 4.94. The van der Waals surface area contributed by atoms with Crippen LogP contribution in [0.2, 0.25) is 0 Å². The van der Waals surface area contributed by atoms with Gasteiger partial charge in [0.25, 0.3) is 5.91 Å². The third-order valence-corrected chi connectivity index (χ3v) is 3.14. The number of nitro groups is 1. The zero-order valence-electron chi connectivity index (χ0n) is 13.9. The van der Waals surface area contributed by atoms with Gasteiger partial charge in [-0.1, -0.05) is 18.2 Å². The summed E-state index contributed by atoms with van der Waals surface area (Å²) in [6.45, 7) is 1.73. The van der Waals surface area contributed by atoms with Gasteiger partial charge in [0.05, 0.1) is 17.7 Å². The molecule has 2 rings (SSSR count). The maximum Gasteiger partial charge on any atom is 0.310 e. The van der Waals surface area contributed by atoms with Crippen molar-refractivity contribution < 1.29 is 24.3 Å². The van der Waals surface area contributed by atoms with Crippen molar-refractivity contribution in [3.8, 4) is 17.2 Å². The maximum absolute atomic E-state index is 11.7. The second-order valence-electron chi connectivity index (χ2n) is 4.93. The lowest BCUT2D eigenvalue weighted by atomic mass is 10.2. The van der Waals surface area contributed by atoms with E-state index in [1.54, 1.807) is 31.2 Å². The molecule has 9 nitrogen and oxygen atoms in total. The molecule has 0 aliphatic carbocycles. The van der Waals surface area contributed by atoms with Crippen molar-refractivity contribution in [1.29, 1.82) is 0 Å². The first-order valence-electron chi connectivity index (χ1n) is 7.65. The van der Waals surface area contributed by atoms with Crippen LogP contribution < -0.4 is 14.9 Å². The first kappa shape index (κ1) is 18.7. The molecule has 0 aromatic heterocycles. The van der Waals surface area contributed by atoms with Gasteiger partial charge < -0.3 is 14.6 Å². The van der Waals surface area contributed by atoms with E-state index in [4.69, 9.17) is 9.47 Å². The van der Waals surface area contributed by atoms with Gasteiger partial charge in [-0.2, -0.15) is 5.10 Å². The Bertz CT molecular complexity index is 822. The summed E-state index contributed by atoms with van der Waals surface area (Å²) >= 11 is 0. The summed E-state index contributed by atoms with van der Waals surface area (Å²) in [5.41, 5.74) is 2.34. The van der Waals surface area contributed by atoms with Crippen LogP contribution in [0.3, 0.4) is 0 Å². The Labute approximate surface area is 149 Å². The predicted octanol–water partition coefficient (Wildman–Crippen LogP) is 2.23. The summed E-state index contributed by atoms with van der Waals surface area (Å²) in [4.78, 5) is 22.0. The zero-order chi connectivity index (χ0) is 18.9. The number of nitrogens with zero attached hydrogens (tertiary/aromatic N) is 2. The number of amides is 1. The van der Waals surface area contributed by atoms with Crippen LogP contribution in [0.1, 0.15) is 12.5 Å². The number of nitro benzene ring substituents is 1. The van der Waals surface area contributed by atoms with Gasteiger partial charge in [-0.25, -0.2) is 5.43 Å². The summed E-state index contributed by atoms with van der Waals surface area (Å²) in [5, 5.41) is 24.6. The summed E-state index contributed by atoms with van der Waals surface area (Å²) in [6.07, 6.45) is 1.25. The molecule has 0 fully saturated rings. The number of hydrazone groups is 1. The highest BCUT2D eigenvalue weighted by molar-refractivity contribution is 5.86. The Hall–Kier alpha value is -3.62. The Morgan fingerprint density at radius 3 is 2.69 bits per heavy atom. The highest BCUT2D eigenvalue weighted by Crippen LogP contribution is 2.28. The summed E-state index contributed by atoms with van der Waals surface area (Å²) in [6, 6.07) is 10.6. The number of hydrogen-bond acceptors (Lipinski definition) is 7. The van der Waals surface area contributed by atoms with Gasteiger partial charge in [-0.3, -0.25) is 14.9 Å². The number of para-hydroxylation sites is 3. The van der Waals surface area contributed by atoms with Crippen LogP contribution in [0.5, 0.6) is 17.2 Å². The normalized spacial score (nSPS) is 10.5. The molecule has 0 saturated heterocycles. The van der Waals surface area contributed by atoms with Gasteiger partial charge in [0.1, 0.15) is 0 Å². The van der Waals surface area contributed by atoms with Gasteiger partial charge in [0.2, 0.25) is 0 Å². The van der Waals surface area contributed by atoms with E-state index >= 15 is 0 Å². The molecular weight excluding hydrogens is 342 g/mol. The molecule has 0 unspecified atom stereocenters. The summed E-state index contributed by atoms with van der Waals surface area (Å²) in [5.74, 6) is -0.412. The van der Waals surface area contributed by atoms with E-state index in [1.807, 2.05) is 0 Å². The standard InChI is InChI=1S/C17H17N3O6/c1-2-25-15-9-5-6-12(17(15)22)10-18-19-16(21)11-26-14-8-4-3-7-13(14)20(23)24/h3-10,22H,2,11H2,1H3,(H,19,21). The molecule has 1 amide bonds. The molecule has 2 N–H and O–H groups in total. The van der Waals surface area contributed by atoms with Crippen molar-refractivity contribution in [2.75, 3.05) is 13.2 Å². The first-order valence-corrected chi connectivity index (χ1v) is 7.65. The molecule has 26 heavy (non-hydrogen) atoms. The Morgan fingerprint density at radius 2 is 1.96 bits per heavy atom. The first-order chi connectivity index (χ1) is 12.5. The lowest BCUT2D eigenvalue weighted by Gasteiger charge is -2.07. The van der Waals surface area contributed by atoms with Crippen LogP contribution in [0.15, 0.2) is 47.6 Å². The van der Waals surface area contributed by atoms with E-state index in [-0.39, 0.29) is 17.2 Å². The SMILES string of the molecule is CCOc1cccc(C=NNC(=O)COc2ccccc2[N+](=O)[O-])c1O. The molecule has 0 saturated carbocycles. The van der Waals surface area contributed by atoms with Crippen molar-refractivity contribution in [3.05, 3.63) is 58.1 Å². The van der Waals surface area contributed by atoms with Gasteiger partial charge in [0, 0.05) is 11.6 Å². The Balaban J connectivity index is 1.92. The molecule has 0 aliphatic heterocycles. The fourth-order valence-corrected chi connectivity index (χ4v) is 1.99. The molecule has 2 aromatic rings. The second kappa shape index (κ2) is 9.02. The number of carbonyl (C=O) groups excluding carboxylic acids is 1. The van der Waals surface area contributed by atoms with Gasteiger partial charge >= 0.3 is 5.69 Å². The third-order valence-electron chi connectivity index (χ3n) is 3.14. The minimum absolute atomic E-state index is 0.0151. The van der Waals surface area contributed by atoms with Crippen LogP contribution in [0.25, 0.3) is 0 Å². The van der Waals surface area contributed by atoms with Crippen molar-refractivity contribution in [2.45, 2.75) is 6.92 Å². The fourth-order valence-electron chi connectivity index (χ4n) is 1.99. The van der Waals surface area contributed by atoms with E-state index < -0.39 is 17.4 Å². The number of benzene rings is 2. The van der Waals surface area contributed by atoms with Crippen molar-refractivity contribution in [2.24, 2.45) is 5.10 Å². The number of rotatable bonds is 8. The Kier molecular flexibility index (Phi) is 6.49. The number of aromatic hydroxyl groups is 1. The number of hydrogen-bond donors (Lipinski definition) is 2. The number of phenols is 1. The molecule has 0 bridgehead atoms. The highest BCUT2D eigenvalue weighted by atomic mass is 16.6. The topological polar surface area (TPSA) is 123 Å².